The van der Waals surface area contributed by atoms with Crippen LogP contribution in [0.1, 0.15) is 19.1 Å². The molecule has 1 aromatic heterocycles. The average Bonchev–Trinajstić information content (AvgIpc) is 2.73. The Morgan fingerprint density at radius 2 is 2.27 bits per heavy atom. The summed E-state index contributed by atoms with van der Waals surface area (Å²) in [5.41, 5.74) is -1.46. The first-order valence-electron chi connectivity index (χ1n) is 4.70. The molecular weight excluding hydrogens is 203 g/mol. The van der Waals surface area contributed by atoms with Crippen molar-refractivity contribution in [1.82, 2.24) is 9.13 Å². The first-order valence-corrected chi connectivity index (χ1v) is 4.70. The van der Waals surface area contributed by atoms with Crippen molar-refractivity contribution in [2.24, 2.45) is 7.05 Å². The van der Waals surface area contributed by atoms with Crippen molar-refractivity contribution < 1.29 is 9.13 Å². The highest BCUT2D eigenvalue weighted by atomic mass is 19.1. The summed E-state index contributed by atoms with van der Waals surface area (Å²) >= 11 is 0. The molecule has 1 saturated heterocycles. The zero-order valence-corrected chi connectivity index (χ0v) is 8.27. The lowest BCUT2D eigenvalue weighted by Gasteiger charge is -2.13. The third kappa shape index (κ3) is 1.61. The smallest absolute Gasteiger partial charge is 0.333 e. The summed E-state index contributed by atoms with van der Waals surface area (Å²) < 4.78 is 20.3. The summed E-state index contributed by atoms with van der Waals surface area (Å²) in [6.45, 7) is 0.557. The van der Waals surface area contributed by atoms with Gasteiger partial charge in [0.1, 0.15) is 6.23 Å². The van der Waals surface area contributed by atoms with Gasteiger partial charge in [-0.2, -0.15) is 4.39 Å². The molecule has 6 heteroatoms. The Bertz CT molecular complexity index is 485. The molecule has 1 fully saturated rings. The summed E-state index contributed by atoms with van der Waals surface area (Å²) in [5, 5.41) is 0. The summed E-state index contributed by atoms with van der Waals surface area (Å²) in [4.78, 5) is 22.7. The quantitative estimate of drug-likeness (QED) is 0.661. The van der Waals surface area contributed by atoms with Crippen LogP contribution in [0.15, 0.2) is 15.8 Å². The third-order valence-electron chi connectivity index (χ3n) is 2.49. The van der Waals surface area contributed by atoms with Gasteiger partial charge >= 0.3 is 5.69 Å². The zero-order valence-electron chi connectivity index (χ0n) is 8.27. The number of ether oxygens (including phenoxy) is 1. The van der Waals surface area contributed by atoms with Gasteiger partial charge in [-0.25, -0.2) is 4.79 Å². The monoisotopic (exact) mass is 214 g/mol. The van der Waals surface area contributed by atoms with Crippen LogP contribution in [-0.2, 0) is 11.8 Å². The molecule has 1 aliphatic rings. The molecular formula is C9H11FN2O3. The molecule has 0 saturated carbocycles. The second kappa shape index (κ2) is 3.62. The molecule has 0 aromatic carbocycles. The Labute approximate surface area is 84.7 Å². The fourth-order valence-corrected chi connectivity index (χ4v) is 1.64. The molecule has 1 atom stereocenters. The second-order valence-electron chi connectivity index (χ2n) is 3.50. The molecule has 15 heavy (non-hydrogen) atoms. The van der Waals surface area contributed by atoms with Crippen molar-refractivity contribution in [3.05, 3.63) is 32.9 Å². The van der Waals surface area contributed by atoms with Crippen LogP contribution >= 0.6 is 0 Å². The maximum atomic E-state index is 13.1. The lowest BCUT2D eigenvalue weighted by molar-refractivity contribution is 0.0506. The second-order valence-corrected chi connectivity index (χ2v) is 3.50. The van der Waals surface area contributed by atoms with Crippen molar-refractivity contribution in [2.45, 2.75) is 19.1 Å². The minimum atomic E-state index is -0.937. The highest BCUT2D eigenvalue weighted by molar-refractivity contribution is 4.91. The van der Waals surface area contributed by atoms with Gasteiger partial charge in [-0.05, 0) is 12.8 Å². The standard InChI is InChI=1S/C9H11FN2O3/c1-11-8(13)6(10)5-12(9(11)14)7-3-2-4-15-7/h5,7H,2-4H2,1H3. The Morgan fingerprint density at radius 3 is 2.87 bits per heavy atom. The Morgan fingerprint density at radius 1 is 1.53 bits per heavy atom. The maximum absolute atomic E-state index is 13.1. The molecule has 82 valence electrons. The zero-order chi connectivity index (χ0) is 11.0. The molecule has 0 N–H and O–H groups in total. The van der Waals surface area contributed by atoms with E-state index in [0.717, 1.165) is 21.8 Å². The lowest BCUT2D eigenvalue weighted by Crippen LogP contribution is -2.40. The lowest BCUT2D eigenvalue weighted by atomic mass is 10.3. The number of rotatable bonds is 1. The Hall–Kier alpha value is -1.43. The van der Waals surface area contributed by atoms with Crippen LogP contribution in [0.5, 0.6) is 0 Å². The predicted molar refractivity (Wildman–Crippen MR) is 50.1 cm³/mol. The van der Waals surface area contributed by atoms with Crippen LogP contribution in [0.3, 0.4) is 0 Å². The van der Waals surface area contributed by atoms with Crippen molar-refractivity contribution in [2.75, 3.05) is 6.61 Å². The van der Waals surface area contributed by atoms with Crippen LogP contribution in [0, 0.1) is 5.82 Å². The first-order chi connectivity index (χ1) is 7.11. The van der Waals surface area contributed by atoms with Crippen molar-refractivity contribution in [1.29, 1.82) is 0 Å². The van der Waals surface area contributed by atoms with Gasteiger partial charge in [-0.3, -0.25) is 13.9 Å². The summed E-state index contributed by atoms with van der Waals surface area (Å²) in [6.07, 6.45) is 1.97. The number of nitrogens with zero attached hydrogens (tertiary/aromatic N) is 2. The Kier molecular flexibility index (Phi) is 2.44. The van der Waals surface area contributed by atoms with E-state index < -0.39 is 23.3 Å². The predicted octanol–water partition coefficient (Wildman–Crippen LogP) is -0.00490. The van der Waals surface area contributed by atoms with E-state index in [-0.39, 0.29) is 0 Å². The molecule has 2 rings (SSSR count). The molecule has 1 unspecified atom stereocenters. The van der Waals surface area contributed by atoms with Crippen molar-refractivity contribution in [3.63, 3.8) is 0 Å². The number of halogens is 1. The van der Waals surface area contributed by atoms with Crippen LogP contribution in [0.2, 0.25) is 0 Å². The fourth-order valence-electron chi connectivity index (χ4n) is 1.64. The van der Waals surface area contributed by atoms with E-state index in [1.165, 1.54) is 7.05 Å². The topological polar surface area (TPSA) is 53.2 Å². The van der Waals surface area contributed by atoms with Gasteiger partial charge in [0.25, 0.3) is 5.56 Å². The van der Waals surface area contributed by atoms with Crippen molar-refractivity contribution in [3.8, 4) is 0 Å². The van der Waals surface area contributed by atoms with Gasteiger partial charge in [0, 0.05) is 13.7 Å². The SMILES string of the molecule is Cn1c(=O)c(F)cn(C2CCCO2)c1=O. The molecule has 0 radical (unpaired) electrons. The normalized spacial score (nSPS) is 20.8. The summed E-state index contributed by atoms with van der Waals surface area (Å²) in [6, 6.07) is 0. The van der Waals surface area contributed by atoms with E-state index in [2.05, 4.69) is 0 Å². The minimum Gasteiger partial charge on any atom is -0.358 e. The maximum Gasteiger partial charge on any atom is 0.333 e. The van der Waals surface area contributed by atoms with Gasteiger partial charge < -0.3 is 4.74 Å². The average molecular weight is 214 g/mol. The van der Waals surface area contributed by atoms with Gasteiger partial charge in [0.05, 0.1) is 6.20 Å². The number of aromatic nitrogens is 2. The van der Waals surface area contributed by atoms with E-state index >= 15 is 0 Å². The molecule has 5 nitrogen and oxygen atoms in total. The van der Waals surface area contributed by atoms with Gasteiger partial charge in [0.15, 0.2) is 0 Å². The summed E-state index contributed by atoms with van der Waals surface area (Å²) in [5.74, 6) is -0.937. The summed E-state index contributed by atoms with van der Waals surface area (Å²) in [7, 11) is 1.25. The minimum absolute atomic E-state index is 0.446. The van der Waals surface area contributed by atoms with Gasteiger partial charge in [-0.15, -0.1) is 0 Å². The van der Waals surface area contributed by atoms with Gasteiger partial charge in [-0.1, -0.05) is 0 Å². The Balaban J connectivity index is 2.57. The van der Waals surface area contributed by atoms with E-state index in [9.17, 15) is 14.0 Å². The molecule has 0 amide bonds. The van der Waals surface area contributed by atoms with Crippen molar-refractivity contribution >= 4 is 0 Å². The number of hydrogen-bond acceptors (Lipinski definition) is 3. The van der Waals surface area contributed by atoms with E-state index in [1.54, 1.807) is 0 Å². The molecule has 1 aromatic rings. The molecule has 0 aliphatic carbocycles. The van der Waals surface area contributed by atoms with Gasteiger partial charge in [0.2, 0.25) is 5.82 Å². The van der Waals surface area contributed by atoms with E-state index in [0.29, 0.717) is 13.0 Å². The third-order valence-corrected chi connectivity index (χ3v) is 2.49. The van der Waals surface area contributed by atoms with E-state index in [4.69, 9.17) is 4.74 Å². The fraction of sp³-hybridized carbons (Fsp3) is 0.556. The first kappa shape index (κ1) is 10.1. The van der Waals surface area contributed by atoms with Crippen LogP contribution in [0.4, 0.5) is 4.39 Å². The molecule has 0 spiro atoms. The van der Waals surface area contributed by atoms with Crippen LogP contribution in [0.25, 0.3) is 0 Å². The molecule has 0 bridgehead atoms. The number of hydrogen-bond donors (Lipinski definition) is 0. The highest BCUT2D eigenvalue weighted by Crippen LogP contribution is 2.20. The highest BCUT2D eigenvalue weighted by Gasteiger charge is 2.20. The largest absolute Gasteiger partial charge is 0.358 e. The van der Waals surface area contributed by atoms with E-state index in [1.807, 2.05) is 0 Å². The molecule has 1 aliphatic heterocycles. The van der Waals surface area contributed by atoms with Crippen LogP contribution < -0.4 is 11.2 Å². The molecule has 2 heterocycles. The van der Waals surface area contributed by atoms with Crippen LogP contribution in [-0.4, -0.2) is 15.7 Å².